The highest BCUT2D eigenvalue weighted by molar-refractivity contribution is 9.08. The number of nitrogens with two attached hydrogens (primary N) is 1. The average Bonchev–Trinajstić information content (AvgIpc) is 2.52. The summed E-state index contributed by atoms with van der Waals surface area (Å²) in [7, 11) is 0. The molecule has 3 heteroatoms. The van der Waals surface area contributed by atoms with E-state index in [1.807, 2.05) is 0 Å². The predicted molar refractivity (Wildman–Crippen MR) is 68.2 cm³/mol. The van der Waals surface area contributed by atoms with Crippen LogP contribution in [0.3, 0.4) is 0 Å². The van der Waals surface area contributed by atoms with Crippen molar-refractivity contribution < 1.29 is 0 Å². The van der Waals surface area contributed by atoms with Gasteiger partial charge in [-0.2, -0.15) is 0 Å². The largest absolute Gasteiger partial charge is 0.390 e. The lowest BCUT2D eigenvalue weighted by Gasteiger charge is -1.98. The van der Waals surface area contributed by atoms with Crippen LogP contribution >= 0.6 is 27.3 Å². The molecule has 0 saturated heterocycles. The highest BCUT2D eigenvalue weighted by Gasteiger charge is 2.07. The minimum Gasteiger partial charge on any atom is -0.390 e. The summed E-state index contributed by atoms with van der Waals surface area (Å²) in [6, 6.07) is 6.54. The van der Waals surface area contributed by atoms with Gasteiger partial charge in [-0.25, -0.2) is 0 Å². The maximum atomic E-state index is 5.96. The maximum Gasteiger partial charge on any atom is 0.0901 e. The van der Waals surface area contributed by atoms with Gasteiger partial charge < -0.3 is 5.73 Å². The molecule has 1 aromatic carbocycles. The van der Waals surface area contributed by atoms with Crippen LogP contribution < -0.4 is 5.73 Å². The lowest BCUT2D eigenvalue weighted by Crippen LogP contribution is -1.86. The number of hydrogen-bond acceptors (Lipinski definition) is 2. The molecule has 1 aromatic heterocycles. The number of anilines is 1. The Hall–Kier alpha value is -0.540. The summed E-state index contributed by atoms with van der Waals surface area (Å²) in [5.74, 6) is 0. The van der Waals surface area contributed by atoms with E-state index in [4.69, 9.17) is 5.73 Å². The molecule has 0 saturated carbocycles. The zero-order valence-corrected chi connectivity index (χ0v) is 10.4. The van der Waals surface area contributed by atoms with Crippen molar-refractivity contribution in [3.63, 3.8) is 0 Å². The summed E-state index contributed by atoms with van der Waals surface area (Å²) in [6.45, 7) is 2.15. The number of hydrogen-bond donors (Lipinski definition) is 1. The molecule has 0 aliphatic rings. The van der Waals surface area contributed by atoms with E-state index in [1.54, 1.807) is 11.3 Å². The molecule has 0 bridgehead atoms. The first-order valence-electron chi connectivity index (χ1n) is 4.62. The van der Waals surface area contributed by atoms with E-state index in [-0.39, 0.29) is 0 Å². The van der Waals surface area contributed by atoms with Gasteiger partial charge in [0.1, 0.15) is 0 Å². The van der Waals surface area contributed by atoms with Gasteiger partial charge in [0, 0.05) is 10.0 Å². The number of benzene rings is 1. The molecule has 1 heterocycles. The lowest BCUT2D eigenvalue weighted by molar-refractivity contribution is 1.17. The monoisotopic (exact) mass is 269 g/mol. The molecule has 74 valence electrons. The van der Waals surface area contributed by atoms with Gasteiger partial charge in [0.25, 0.3) is 0 Å². The Kier molecular flexibility index (Phi) is 2.79. The number of thiophene rings is 1. The Morgan fingerprint density at radius 3 is 2.86 bits per heavy atom. The van der Waals surface area contributed by atoms with Gasteiger partial charge in [0.05, 0.1) is 5.00 Å². The molecule has 0 atom stereocenters. The molecular formula is C11H12BrNS. The second-order valence-corrected chi connectivity index (χ2v) is 4.91. The van der Waals surface area contributed by atoms with E-state index < -0.39 is 0 Å². The normalized spacial score (nSPS) is 11.0. The fourth-order valence-corrected chi connectivity index (χ4v) is 3.05. The molecule has 0 aliphatic carbocycles. The Morgan fingerprint density at radius 2 is 2.21 bits per heavy atom. The maximum absolute atomic E-state index is 5.96. The van der Waals surface area contributed by atoms with Crippen molar-refractivity contribution in [2.24, 2.45) is 0 Å². The number of aryl methyl sites for hydroxylation is 1. The topological polar surface area (TPSA) is 26.0 Å². The van der Waals surface area contributed by atoms with E-state index in [1.165, 1.54) is 21.2 Å². The second kappa shape index (κ2) is 3.91. The van der Waals surface area contributed by atoms with Crippen molar-refractivity contribution in [2.75, 3.05) is 5.73 Å². The first-order valence-corrected chi connectivity index (χ1v) is 6.55. The predicted octanol–water partition coefficient (Wildman–Crippen LogP) is 3.94. The van der Waals surface area contributed by atoms with Crippen molar-refractivity contribution >= 4 is 42.4 Å². The van der Waals surface area contributed by atoms with Gasteiger partial charge in [-0.05, 0) is 35.1 Å². The molecule has 2 N–H and O–H groups in total. The van der Waals surface area contributed by atoms with Crippen LogP contribution in [0.5, 0.6) is 0 Å². The Balaban J connectivity index is 2.71. The quantitative estimate of drug-likeness (QED) is 0.822. The molecular weight excluding hydrogens is 258 g/mol. The van der Waals surface area contributed by atoms with E-state index in [2.05, 4.69) is 41.1 Å². The van der Waals surface area contributed by atoms with Crippen molar-refractivity contribution in [3.8, 4) is 0 Å². The smallest absolute Gasteiger partial charge is 0.0901 e. The first-order chi connectivity index (χ1) is 6.76. The highest BCUT2D eigenvalue weighted by atomic mass is 79.9. The van der Waals surface area contributed by atoms with E-state index in [0.717, 1.165) is 16.8 Å². The summed E-state index contributed by atoms with van der Waals surface area (Å²) in [5, 5.41) is 3.20. The average molecular weight is 270 g/mol. The fraction of sp³-hybridized carbons (Fsp3) is 0.273. The summed E-state index contributed by atoms with van der Waals surface area (Å²) in [4.78, 5) is 0. The molecule has 0 unspecified atom stereocenters. The van der Waals surface area contributed by atoms with Gasteiger partial charge in [0.15, 0.2) is 0 Å². The fourth-order valence-electron chi connectivity index (χ4n) is 1.66. The van der Waals surface area contributed by atoms with Crippen LogP contribution in [0.1, 0.15) is 18.1 Å². The van der Waals surface area contributed by atoms with E-state index in [9.17, 15) is 0 Å². The molecule has 0 spiro atoms. The third-order valence-electron chi connectivity index (χ3n) is 2.39. The minimum absolute atomic E-state index is 0.905. The summed E-state index contributed by atoms with van der Waals surface area (Å²) in [5.41, 5.74) is 8.57. The van der Waals surface area contributed by atoms with Crippen LogP contribution in [0.15, 0.2) is 18.2 Å². The standard InChI is InChI=1S/C11H12BrNS/c1-2-8-9-5-7(6-12)3-4-10(9)14-11(8)13/h3-5H,2,6,13H2,1H3. The number of halogens is 1. The molecule has 14 heavy (non-hydrogen) atoms. The van der Waals surface area contributed by atoms with Crippen LogP contribution in [-0.2, 0) is 11.8 Å². The van der Waals surface area contributed by atoms with Crippen LogP contribution in [0.2, 0.25) is 0 Å². The van der Waals surface area contributed by atoms with Gasteiger partial charge >= 0.3 is 0 Å². The van der Waals surface area contributed by atoms with Crippen molar-refractivity contribution in [3.05, 3.63) is 29.3 Å². The molecule has 0 radical (unpaired) electrons. The number of rotatable bonds is 2. The molecule has 1 nitrogen and oxygen atoms in total. The van der Waals surface area contributed by atoms with E-state index >= 15 is 0 Å². The SMILES string of the molecule is CCc1c(N)sc2ccc(CBr)cc12. The highest BCUT2D eigenvalue weighted by Crippen LogP contribution is 2.34. The minimum atomic E-state index is 0.905. The third kappa shape index (κ3) is 1.55. The van der Waals surface area contributed by atoms with Crippen molar-refractivity contribution in [2.45, 2.75) is 18.7 Å². The Bertz CT molecular complexity index is 462. The third-order valence-corrected chi connectivity index (χ3v) is 4.08. The van der Waals surface area contributed by atoms with E-state index in [0.29, 0.717) is 0 Å². The number of fused-ring (bicyclic) bond motifs is 1. The Morgan fingerprint density at radius 1 is 1.43 bits per heavy atom. The lowest BCUT2D eigenvalue weighted by atomic mass is 10.1. The Labute approximate surface area is 96.1 Å². The summed E-state index contributed by atoms with van der Waals surface area (Å²) < 4.78 is 1.30. The summed E-state index contributed by atoms with van der Waals surface area (Å²) >= 11 is 5.15. The van der Waals surface area contributed by atoms with Gasteiger partial charge in [-0.15, -0.1) is 11.3 Å². The summed E-state index contributed by atoms with van der Waals surface area (Å²) in [6.07, 6.45) is 1.01. The molecule has 2 rings (SSSR count). The van der Waals surface area contributed by atoms with Crippen LogP contribution in [0.25, 0.3) is 10.1 Å². The molecule has 0 fully saturated rings. The molecule has 2 aromatic rings. The zero-order valence-electron chi connectivity index (χ0n) is 8.01. The molecule has 0 aliphatic heterocycles. The van der Waals surface area contributed by atoms with Crippen molar-refractivity contribution in [1.82, 2.24) is 0 Å². The molecule has 0 amide bonds. The first kappa shape index (κ1) is 9.99. The zero-order chi connectivity index (χ0) is 10.1. The van der Waals surface area contributed by atoms with Gasteiger partial charge in [-0.1, -0.05) is 28.9 Å². The van der Waals surface area contributed by atoms with Gasteiger partial charge in [-0.3, -0.25) is 0 Å². The van der Waals surface area contributed by atoms with Crippen LogP contribution in [0.4, 0.5) is 5.00 Å². The van der Waals surface area contributed by atoms with Gasteiger partial charge in [0.2, 0.25) is 0 Å². The van der Waals surface area contributed by atoms with Crippen LogP contribution in [-0.4, -0.2) is 0 Å². The number of nitrogen functional groups attached to an aromatic ring is 1. The van der Waals surface area contributed by atoms with Crippen LogP contribution in [0, 0.1) is 0 Å². The number of alkyl halides is 1. The van der Waals surface area contributed by atoms with Crippen molar-refractivity contribution in [1.29, 1.82) is 0 Å². The second-order valence-electron chi connectivity index (χ2n) is 3.26.